The van der Waals surface area contributed by atoms with Gasteiger partial charge in [0, 0.05) is 11.5 Å². The molecule has 0 aliphatic carbocycles. The number of azide groups is 1. The fourth-order valence-corrected chi connectivity index (χ4v) is 1.03. The van der Waals surface area contributed by atoms with Crippen molar-refractivity contribution in [2.24, 2.45) is 5.11 Å². The maximum absolute atomic E-state index is 12.9. The molecule has 0 unspecified atom stereocenters. The van der Waals surface area contributed by atoms with Gasteiger partial charge < -0.3 is 0 Å². The molecular formula is C10H8FN3O. The topological polar surface area (TPSA) is 65.8 Å². The van der Waals surface area contributed by atoms with Crippen molar-refractivity contribution in [1.82, 2.24) is 0 Å². The minimum atomic E-state index is -0.544. The molecule has 1 rings (SSSR count). The molecule has 76 valence electrons. The van der Waals surface area contributed by atoms with Crippen LogP contribution in [0.25, 0.3) is 16.5 Å². The summed E-state index contributed by atoms with van der Waals surface area (Å²) in [5.74, 6) is -0.544. The Morgan fingerprint density at radius 3 is 3.00 bits per heavy atom. The van der Waals surface area contributed by atoms with Crippen molar-refractivity contribution in [2.45, 2.75) is 0 Å². The number of carbonyl (C=O) groups is 1. The van der Waals surface area contributed by atoms with Gasteiger partial charge in [-0.1, -0.05) is 23.3 Å². The van der Waals surface area contributed by atoms with Gasteiger partial charge in [0.15, 0.2) is 6.29 Å². The Morgan fingerprint density at radius 1 is 1.53 bits per heavy atom. The Morgan fingerprint density at radius 2 is 2.33 bits per heavy atom. The summed E-state index contributed by atoms with van der Waals surface area (Å²) in [6, 6.07) is 4.18. The van der Waals surface area contributed by atoms with E-state index in [1.54, 1.807) is 12.2 Å². The van der Waals surface area contributed by atoms with E-state index in [0.29, 0.717) is 11.8 Å². The third-order valence-electron chi connectivity index (χ3n) is 1.71. The third-order valence-corrected chi connectivity index (χ3v) is 1.71. The van der Waals surface area contributed by atoms with Gasteiger partial charge in [-0.2, -0.15) is 0 Å². The zero-order chi connectivity index (χ0) is 11.1. The lowest BCUT2D eigenvalue weighted by Crippen LogP contribution is -1.87. The number of nitrogens with zero attached hydrogens (tertiary/aromatic N) is 3. The first-order chi connectivity index (χ1) is 7.27. The summed E-state index contributed by atoms with van der Waals surface area (Å²) in [7, 11) is 0. The fraction of sp³-hybridized carbons (Fsp3) is 0.100. The van der Waals surface area contributed by atoms with Crippen molar-refractivity contribution >= 4 is 12.4 Å². The van der Waals surface area contributed by atoms with Gasteiger partial charge in [0.2, 0.25) is 0 Å². The monoisotopic (exact) mass is 205 g/mol. The summed E-state index contributed by atoms with van der Waals surface area (Å²) < 4.78 is 12.9. The second-order valence-corrected chi connectivity index (χ2v) is 2.71. The molecule has 0 fully saturated rings. The molecule has 0 aliphatic rings. The van der Waals surface area contributed by atoms with E-state index in [9.17, 15) is 9.18 Å². The highest BCUT2D eigenvalue weighted by molar-refractivity contribution is 5.76. The summed E-state index contributed by atoms with van der Waals surface area (Å²) in [6.45, 7) is 0.226. The zero-order valence-electron chi connectivity index (χ0n) is 7.80. The summed E-state index contributed by atoms with van der Waals surface area (Å²) in [5, 5.41) is 3.30. The van der Waals surface area contributed by atoms with Crippen LogP contribution in [-0.4, -0.2) is 12.8 Å². The van der Waals surface area contributed by atoms with E-state index in [2.05, 4.69) is 10.0 Å². The van der Waals surface area contributed by atoms with Crippen LogP contribution in [0.3, 0.4) is 0 Å². The first kappa shape index (κ1) is 10.9. The second kappa shape index (κ2) is 5.57. The molecule has 0 bridgehead atoms. The molecule has 0 N–H and O–H groups in total. The molecule has 0 saturated carbocycles. The predicted molar refractivity (Wildman–Crippen MR) is 54.8 cm³/mol. The Balaban J connectivity index is 2.82. The lowest BCUT2D eigenvalue weighted by atomic mass is 10.1. The van der Waals surface area contributed by atoms with Gasteiger partial charge in [-0.3, -0.25) is 4.79 Å². The smallest absolute Gasteiger partial charge is 0.153 e. The molecule has 1 aromatic carbocycles. The molecule has 0 atom stereocenters. The molecule has 1 aromatic rings. The molecule has 0 aromatic heterocycles. The fourth-order valence-electron chi connectivity index (χ4n) is 1.03. The lowest BCUT2D eigenvalue weighted by molar-refractivity contribution is 0.112. The molecule has 15 heavy (non-hydrogen) atoms. The highest BCUT2D eigenvalue weighted by Gasteiger charge is 1.99. The van der Waals surface area contributed by atoms with Crippen LogP contribution in [0.2, 0.25) is 0 Å². The molecule has 0 amide bonds. The van der Waals surface area contributed by atoms with E-state index < -0.39 is 5.82 Å². The van der Waals surface area contributed by atoms with Crippen LogP contribution in [0.5, 0.6) is 0 Å². The minimum absolute atomic E-state index is 0.0148. The molecule has 0 heterocycles. The minimum Gasteiger partial charge on any atom is -0.298 e. The van der Waals surface area contributed by atoms with Gasteiger partial charge in [0.1, 0.15) is 5.82 Å². The van der Waals surface area contributed by atoms with Crippen molar-refractivity contribution in [3.8, 4) is 0 Å². The lowest BCUT2D eigenvalue weighted by Gasteiger charge is -1.96. The summed E-state index contributed by atoms with van der Waals surface area (Å²) >= 11 is 0. The van der Waals surface area contributed by atoms with Gasteiger partial charge in [-0.25, -0.2) is 4.39 Å². The Kier molecular flexibility index (Phi) is 4.06. The van der Waals surface area contributed by atoms with E-state index in [1.807, 2.05) is 0 Å². The standard InChI is InChI=1S/C10H8FN3O/c11-10-4-3-8(6-9(10)7-15)2-1-5-13-14-12/h1-4,6-7H,5H2. The highest BCUT2D eigenvalue weighted by Crippen LogP contribution is 2.09. The van der Waals surface area contributed by atoms with Crippen LogP contribution in [0.4, 0.5) is 4.39 Å². The van der Waals surface area contributed by atoms with E-state index in [-0.39, 0.29) is 12.1 Å². The third kappa shape index (κ3) is 3.25. The van der Waals surface area contributed by atoms with Crippen LogP contribution >= 0.6 is 0 Å². The van der Waals surface area contributed by atoms with Gasteiger partial charge in [-0.15, -0.1) is 0 Å². The van der Waals surface area contributed by atoms with Crippen LogP contribution < -0.4 is 0 Å². The van der Waals surface area contributed by atoms with Crippen molar-refractivity contribution in [3.63, 3.8) is 0 Å². The largest absolute Gasteiger partial charge is 0.298 e. The number of halogens is 1. The van der Waals surface area contributed by atoms with Gasteiger partial charge in [0.05, 0.1) is 5.56 Å². The van der Waals surface area contributed by atoms with E-state index in [1.165, 1.54) is 18.2 Å². The van der Waals surface area contributed by atoms with Crippen molar-refractivity contribution < 1.29 is 9.18 Å². The van der Waals surface area contributed by atoms with Crippen LogP contribution in [0, 0.1) is 5.82 Å². The Labute approximate surface area is 85.7 Å². The SMILES string of the molecule is [N-]=[N+]=NCC=Cc1ccc(F)c(C=O)c1. The van der Waals surface area contributed by atoms with Gasteiger partial charge in [-0.05, 0) is 23.2 Å². The summed E-state index contributed by atoms with van der Waals surface area (Å²) in [6.07, 6.45) is 3.74. The van der Waals surface area contributed by atoms with Crippen LogP contribution in [0.15, 0.2) is 29.4 Å². The Hall–Kier alpha value is -2.13. The maximum atomic E-state index is 12.9. The normalized spacial score (nSPS) is 9.93. The average molecular weight is 205 g/mol. The molecule has 0 saturated heterocycles. The van der Waals surface area contributed by atoms with Crippen molar-refractivity contribution in [3.05, 3.63) is 51.7 Å². The highest BCUT2D eigenvalue weighted by atomic mass is 19.1. The maximum Gasteiger partial charge on any atom is 0.153 e. The average Bonchev–Trinajstić information content (AvgIpc) is 2.26. The van der Waals surface area contributed by atoms with E-state index >= 15 is 0 Å². The predicted octanol–water partition coefficient (Wildman–Crippen LogP) is 2.96. The van der Waals surface area contributed by atoms with E-state index in [0.717, 1.165) is 0 Å². The van der Waals surface area contributed by atoms with Crippen LogP contribution in [0.1, 0.15) is 15.9 Å². The Bertz CT molecular complexity index is 436. The number of hydrogen-bond acceptors (Lipinski definition) is 2. The van der Waals surface area contributed by atoms with E-state index in [4.69, 9.17) is 5.53 Å². The van der Waals surface area contributed by atoms with Crippen molar-refractivity contribution in [2.75, 3.05) is 6.54 Å². The first-order valence-electron chi connectivity index (χ1n) is 4.20. The number of hydrogen-bond donors (Lipinski definition) is 0. The zero-order valence-corrected chi connectivity index (χ0v) is 7.80. The number of benzene rings is 1. The summed E-state index contributed by atoms with van der Waals surface area (Å²) in [4.78, 5) is 13.0. The first-order valence-corrected chi connectivity index (χ1v) is 4.20. The molecule has 0 radical (unpaired) electrons. The molecule has 4 nitrogen and oxygen atoms in total. The number of carbonyl (C=O) groups excluding carboxylic acids is 1. The number of rotatable bonds is 4. The molecular weight excluding hydrogens is 197 g/mol. The number of aldehydes is 1. The second-order valence-electron chi connectivity index (χ2n) is 2.71. The van der Waals surface area contributed by atoms with Gasteiger partial charge in [0.25, 0.3) is 0 Å². The van der Waals surface area contributed by atoms with Crippen LogP contribution in [-0.2, 0) is 0 Å². The van der Waals surface area contributed by atoms with Gasteiger partial charge >= 0.3 is 0 Å². The molecule has 0 spiro atoms. The summed E-state index contributed by atoms with van der Waals surface area (Å²) in [5.41, 5.74) is 8.71. The molecule has 5 heteroatoms. The molecule has 0 aliphatic heterocycles. The van der Waals surface area contributed by atoms with Crippen molar-refractivity contribution in [1.29, 1.82) is 0 Å². The quantitative estimate of drug-likeness (QED) is 0.322.